The molecule has 0 aromatic carbocycles. The third-order valence-corrected chi connectivity index (χ3v) is 0.962. The summed E-state index contributed by atoms with van der Waals surface area (Å²) >= 11 is 0. The summed E-state index contributed by atoms with van der Waals surface area (Å²) in [7, 11) is 0. The van der Waals surface area contributed by atoms with Gasteiger partial charge in [-0.15, -0.1) is 0 Å². The molecule has 0 rings (SSSR count). The van der Waals surface area contributed by atoms with Gasteiger partial charge in [0.1, 0.15) is 0 Å². The molecule has 90 valence electrons. The molecule has 0 fully saturated rings. The topological polar surface area (TPSA) is 154 Å². The van der Waals surface area contributed by atoms with Gasteiger partial charge in [-0.25, -0.2) is 0 Å². The molecule has 0 radical (unpaired) electrons. The smallest absolute Gasteiger partial charge is 0.550 e. The largest absolute Gasteiger partial charge is 1.00 e. The van der Waals surface area contributed by atoms with E-state index < -0.39 is 18.0 Å². The van der Waals surface area contributed by atoms with E-state index in [0.29, 0.717) is 0 Å². The first-order chi connectivity index (χ1) is 7.37. The van der Waals surface area contributed by atoms with Crippen LogP contribution in [0.25, 0.3) is 0 Å². The molecule has 0 bridgehead atoms. The molecule has 0 heterocycles. The van der Waals surface area contributed by atoms with E-state index >= 15 is 0 Å². The Hall–Kier alpha value is -0.120. The summed E-state index contributed by atoms with van der Waals surface area (Å²) in [5.74, 6) is -2.75. The van der Waals surface area contributed by atoms with Crippen LogP contribution >= 0.6 is 0 Å². The monoisotopic (exact) mass is 273 g/mol. The first-order valence-corrected chi connectivity index (χ1v) is 4.15. The zero-order valence-corrected chi connectivity index (χ0v) is 15.1. The molecule has 0 amide bonds. The van der Waals surface area contributed by atoms with Crippen LogP contribution in [0.1, 0.15) is 26.7 Å². The van der Waals surface area contributed by atoms with Gasteiger partial charge in [-0.3, -0.25) is 0 Å². The van der Waals surface area contributed by atoms with E-state index in [4.69, 9.17) is 16.3 Å². The number of nitriles is 2. The fourth-order valence-corrected chi connectivity index (χ4v) is 0.391. The van der Waals surface area contributed by atoms with Crippen molar-refractivity contribution in [2.24, 2.45) is 5.73 Å². The van der Waals surface area contributed by atoms with Crippen LogP contribution in [0.5, 0.6) is 0 Å². The summed E-state index contributed by atoms with van der Waals surface area (Å²) in [6.07, 6.45) is -0.500. The van der Waals surface area contributed by atoms with Crippen molar-refractivity contribution in [2.45, 2.75) is 32.7 Å². The first-order valence-electron chi connectivity index (χ1n) is 4.15. The second kappa shape index (κ2) is 25.7. The quantitative estimate of drug-likeness (QED) is 0.499. The van der Waals surface area contributed by atoms with Crippen molar-refractivity contribution in [3.05, 3.63) is 0 Å². The molecule has 0 aromatic heterocycles. The van der Waals surface area contributed by atoms with Crippen LogP contribution in [0.4, 0.5) is 0 Å². The van der Waals surface area contributed by atoms with Gasteiger partial charge in [-0.2, -0.15) is 10.5 Å². The number of carbonyl (C=O) groups is 2. The third kappa shape index (κ3) is 44.6. The Morgan fingerprint density at radius 1 is 1.17 bits per heavy atom. The molecule has 9 heteroatoms. The van der Waals surface area contributed by atoms with Gasteiger partial charge in [0.25, 0.3) is 0 Å². The molecule has 0 unspecified atom stereocenters. The van der Waals surface area contributed by atoms with Crippen molar-refractivity contribution < 1.29 is 78.9 Å². The Labute approximate surface area is 151 Å². The molecule has 0 saturated heterocycles. The van der Waals surface area contributed by atoms with Gasteiger partial charge >= 0.3 is 59.1 Å². The molecule has 0 aliphatic carbocycles. The molecule has 0 saturated carbocycles. The Bertz CT molecular complexity index is 275. The zero-order valence-electron chi connectivity index (χ0n) is 11.1. The number of hydrogen-bond acceptors (Lipinski definition) is 7. The summed E-state index contributed by atoms with van der Waals surface area (Å²) in [6.45, 7) is 2.86. The van der Waals surface area contributed by atoms with Gasteiger partial charge in [0.05, 0.1) is 18.1 Å². The van der Waals surface area contributed by atoms with Crippen LogP contribution in [0.3, 0.4) is 0 Å². The fourth-order valence-electron chi connectivity index (χ4n) is 0.391. The van der Waals surface area contributed by atoms with Crippen LogP contribution in [0.2, 0.25) is 0 Å². The average Bonchev–Trinajstić information content (AvgIpc) is 2.16. The number of hydrogen-bond donors (Lipinski definition) is 1. The van der Waals surface area contributed by atoms with Crippen molar-refractivity contribution in [3.63, 3.8) is 0 Å². The van der Waals surface area contributed by atoms with E-state index in [-0.39, 0.29) is 72.0 Å². The Morgan fingerprint density at radius 2 is 1.44 bits per heavy atom. The summed E-state index contributed by atoms with van der Waals surface area (Å²) in [5, 5.41) is 34.2. The average molecular weight is 273 g/mol. The first kappa shape index (κ1) is 30.7. The van der Waals surface area contributed by atoms with Crippen molar-refractivity contribution in [3.8, 4) is 12.1 Å². The normalized spacial score (nSPS) is 7.83. The van der Waals surface area contributed by atoms with Gasteiger partial charge < -0.3 is 25.5 Å². The third-order valence-electron chi connectivity index (χ3n) is 0.962. The maximum absolute atomic E-state index is 9.86. The number of carboxylic acid groups (broad SMARTS) is 2. The van der Waals surface area contributed by atoms with Crippen molar-refractivity contribution in [2.75, 3.05) is 0 Å². The summed E-state index contributed by atoms with van der Waals surface area (Å²) in [6, 6.07) is 2.29. The SMILES string of the molecule is CC#N.CC#N.N[C@@H](CCC(=O)[O-])C(=O)[O-].[Na+].[Na+]. The number of carboxylic acids is 2. The Morgan fingerprint density at radius 3 is 1.61 bits per heavy atom. The predicted octanol–water partition coefficient (Wildman–Crippen LogP) is -8.34. The standard InChI is InChI=1S/C5H9NO4.2C2H3N.2Na/c6-3(5(9)10)1-2-4(7)8;2*1-2-3;;/h3H,1-2,6H2,(H,7,8)(H,9,10);2*1H3;;/q;;;2*+1/p-2/t3-;;;;/m0..../s1. The fraction of sp³-hybridized carbons (Fsp3) is 0.556. The van der Waals surface area contributed by atoms with Crippen molar-refractivity contribution in [1.29, 1.82) is 10.5 Å². The molecule has 2 N–H and O–H groups in total. The Balaban J connectivity index is -0.0000000603. The number of rotatable bonds is 4. The second-order valence-electron chi connectivity index (χ2n) is 2.28. The molecule has 0 aliphatic heterocycles. The van der Waals surface area contributed by atoms with Gasteiger partial charge in [0.2, 0.25) is 0 Å². The van der Waals surface area contributed by atoms with Gasteiger partial charge in [-0.1, -0.05) is 0 Å². The minimum absolute atomic E-state index is 0. The van der Waals surface area contributed by atoms with E-state index in [2.05, 4.69) is 0 Å². The van der Waals surface area contributed by atoms with E-state index in [1.807, 2.05) is 0 Å². The summed E-state index contributed by atoms with van der Waals surface area (Å²) in [4.78, 5) is 19.6. The molecular weight excluding hydrogens is 260 g/mol. The van der Waals surface area contributed by atoms with E-state index in [1.54, 1.807) is 12.1 Å². The molecule has 0 spiro atoms. The number of carbonyl (C=O) groups excluding carboxylic acids is 2. The Kier molecular flexibility index (Phi) is 43.8. The van der Waals surface area contributed by atoms with E-state index in [1.165, 1.54) is 13.8 Å². The molecule has 0 aromatic rings. The van der Waals surface area contributed by atoms with Crippen LogP contribution in [0.15, 0.2) is 0 Å². The number of nitrogens with two attached hydrogens (primary N) is 1. The maximum atomic E-state index is 9.86. The van der Waals surface area contributed by atoms with Crippen molar-refractivity contribution >= 4 is 11.9 Å². The van der Waals surface area contributed by atoms with Crippen LogP contribution in [-0.4, -0.2) is 18.0 Å². The number of aliphatic carboxylic acids is 2. The maximum Gasteiger partial charge on any atom is 1.00 e. The molecule has 0 aliphatic rings. The second-order valence-corrected chi connectivity index (χ2v) is 2.28. The van der Waals surface area contributed by atoms with Crippen LogP contribution < -0.4 is 75.1 Å². The van der Waals surface area contributed by atoms with Crippen LogP contribution in [0, 0.1) is 22.7 Å². The molecular formula is C9H13N3Na2O4. The minimum Gasteiger partial charge on any atom is -0.550 e. The van der Waals surface area contributed by atoms with Gasteiger partial charge in [0, 0.05) is 25.9 Å². The zero-order chi connectivity index (χ0) is 13.6. The molecule has 1 atom stereocenters. The summed E-state index contributed by atoms with van der Waals surface area (Å²) in [5.41, 5.74) is 4.91. The number of nitrogens with zero attached hydrogens (tertiary/aromatic N) is 2. The van der Waals surface area contributed by atoms with E-state index in [0.717, 1.165) is 0 Å². The summed E-state index contributed by atoms with van der Waals surface area (Å²) < 4.78 is 0. The van der Waals surface area contributed by atoms with Crippen LogP contribution in [-0.2, 0) is 9.59 Å². The predicted molar refractivity (Wildman–Crippen MR) is 49.8 cm³/mol. The van der Waals surface area contributed by atoms with Gasteiger partial charge in [-0.05, 0) is 12.8 Å². The van der Waals surface area contributed by atoms with Gasteiger partial charge in [0.15, 0.2) is 0 Å². The van der Waals surface area contributed by atoms with Crippen molar-refractivity contribution in [1.82, 2.24) is 0 Å². The molecule has 7 nitrogen and oxygen atoms in total. The molecule has 18 heavy (non-hydrogen) atoms. The van der Waals surface area contributed by atoms with E-state index in [9.17, 15) is 19.8 Å². The minimum atomic E-state index is -1.44.